The molecule has 48 heavy (non-hydrogen) atoms. The third-order valence-electron chi connectivity index (χ3n) is 9.05. The highest BCUT2D eigenvalue weighted by atomic mass is 35.5. The first-order valence-corrected chi connectivity index (χ1v) is 15.3. The Morgan fingerprint density at radius 1 is 0.979 bits per heavy atom. The Morgan fingerprint density at radius 2 is 1.73 bits per heavy atom. The molecule has 5 aromatic rings. The number of carbonyl (C=O) groups excluding carboxylic acids is 1. The van der Waals surface area contributed by atoms with Crippen LogP contribution < -0.4 is 15.5 Å². The summed E-state index contributed by atoms with van der Waals surface area (Å²) in [7, 11) is 0. The molecule has 12 nitrogen and oxygen atoms in total. The summed E-state index contributed by atoms with van der Waals surface area (Å²) in [4.78, 5) is 51.3. The number of aromatic amines is 2. The molecule has 3 aliphatic heterocycles. The molecule has 3 atom stereocenters. The van der Waals surface area contributed by atoms with E-state index >= 15 is 0 Å². The highest BCUT2D eigenvalue weighted by Crippen LogP contribution is 2.44. The van der Waals surface area contributed by atoms with Crippen molar-refractivity contribution in [3.05, 3.63) is 90.0 Å². The molecule has 0 unspecified atom stereocenters. The fourth-order valence-electron chi connectivity index (χ4n) is 6.76. The van der Waals surface area contributed by atoms with Crippen LogP contribution in [0.4, 0.5) is 19.3 Å². The van der Waals surface area contributed by atoms with E-state index in [0.29, 0.717) is 53.7 Å². The number of hydrogen-bond donors (Lipinski definition) is 5. The van der Waals surface area contributed by atoms with Gasteiger partial charge in [0.1, 0.15) is 17.7 Å². The molecule has 3 aliphatic rings. The van der Waals surface area contributed by atoms with Crippen molar-refractivity contribution >= 4 is 30.1 Å². The number of para-hydroxylation sites is 1. The van der Waals surface area contributed by atoms with Crippen LogP contribution in [0.5, 0.6) is 0 Å². The molecule has 0 saturated carbocycles. The highest BCUT2D eigenvalue weighted by Gasteiger charge is 2.43. The average Bonchev–Trinajstić information content (AvgIpc) is 3.87. The number of halogens is 3. The molecule has 2 aromatic carbocycles. The Morgan fingerprint density at radius 3 is 2.46 bits per heavy atom. The molecule has 2 amide bonds. The number of rotatable bonds is 6. The molecular weight excluding hydrogens is 644 g/mol. The normalized spacial score (nSPS) is 21.0. The Hall–Kier alpha value is -5.21. The first-order chi connectivity index (χ1) is 22.7. The monoisotopic (exact) mass is 673 g/mol. The van der Waals surface area contributed by atoms with Gasteiger partial charge in [-0.25, -0.2) is 33.5 Å². The lowest BCUT2D eigenvalue weighted by Crippen LogP contribution is -2.48. The number of anilines is 1. The number of aromatic nitrogens is 6. The number of amides is 2. The summed E-state index contributed by atoms with van der Waals surface area (Å²) in [5.74, 6) is -1.43. The van der Waals surface area contributed by atoms with Gasteiger partial charge in [-0.05, 0) is 24.0 Å². The van der Waals surface area contributed by atoms with E-state index in [9.17, 15) is 23.5 Å². The van der Waals surface area contributed by atoms with E-state index in [2.05, 4.69) is 35.6 Å². The van der Waals surface area contributed by atoms with Crippen molar-refractivity contribution in [2.75, 3.05) is 11.4 Å². The minimum atomic E-state index is -2.75. The highest BCUT2D eigenvalue weighted by molar-refractivity contribution is 6.02. The summed E-state index contributed by atoms with van der Waals surface area (Å²) in [6.45, 7) is -0.365. The maximum atomic E-state index is 13.6. The molecule has 1 fully saturated rings. The summed E-state index contributed by atoms with van der Waals surface area (Å²) in [5.41, 5.74) is 6.59. The SMILES string of the molecule is Cl.O=C(O)N[C@H]1CCc2cccc3c2N(C1=O)[C@H](c1nc(-c2ccc(-c4ncc(-c5cnc([C@@H]6CC(F)(F)CN6)[nH]5)cn4)cc2)c[nH]1)C3. The zero-order valence-electron chi connectivity index (χ0n) is 25.3. The standard InChI is InChI=1S/C33H29F2N9O3.ClH/c34-33(35)11-23(40-16-33)29-38-15-25(41-29)21-12-36-28(37-13-21)19-6-4-17(5-7-19)24-14-39-30(42-24)26-10-20-3-1-2-18-8-9-22(43-32(46)47)31(45)44(26)27(18)20;/h1-7,12-15,22-23,26,40,43H,8-11,16H2,(H,38,41)(H,39,42)(H,46,47);1H/t22-,23-,26-;/m0./s1. The smallest absolute Gasteiger partial charge is 0.405 e. The van der Waals surface area contributed by atoms with Gasteiger partial charge < -0.3 is 25.7 Å². The number of benzene rings is 2. The lowest BCUT2D eigenvalue weighted by atomic mass is 10.0. The second-order valence-electron chi connectivity index (χ2n) is 12.1. The zero-order valence-corrected chi connectivity index (χ0v) is 26.1. The van der Waals surface area contributed by atoms with Gasteiger partial charge in [-0.1, -0.05) is 42.5 Å². The van der Waals surface area contributed by atoms with Crippen LogP contribution in [-0.4, -0.2) is 65.5 Å². The molecule has 8 rings (SSSR count). The third-order valence-corrected chi connectivity index (χ3v) is 9.05. The molecule has 1 saturated heterocycles. The molecule has 0 bridgehead atoms. The van der Waals surface area contributed by atoms with Gasteiger partial charge in [0, 0.05) is 48.1 Å². The summed E-state index contributed by atoms with van der Waals surface area (Å²) >= 11 is 0. The maximum Gasteiger partial charge on any atom is 0.405 e. The first-order valence-electron chi connectivity index (χ1n) is 15.3. The van der Waals surface area contributed by atoms with Gasteiger partial charge >= 0.3 is 6.09 Å². The lowest BCUT2D eigenvalue weighted by Gasteiger charge is -2.27. The number of imidazole rings is 2. The van der Waals surface area contributed by atoms with E-state index in [4.69, 9.17) is 4.98 Å². The van der Waals surface area contributed by atoms with E-state index in [1.54, 1.807) is 29.7 Å². The molecule has 246 valence electrons. The number of carboxylic acid groups (broad SMARTS) is 1. The number of H-pyrrole nitrogens is 2. The Labute approximate surface area is 278 Å². The minimum absolute atomic E-state index is 0. The lowest BCUT2D eigenvalue weighted by molar-refractivity contribution is -0.120. The van der Waals surface area contributed by atoms with Crippen molar-refractivity contribution in [1.82, 2.24) is 40.5 Å². The molecule has 0 aliphatic carbocycles. The predicted octanol–water partition coefficient (Wildman–Crippen LogP) is 5.23. The fraction of sp³-hybridized carbons (Fsp3) is 0.273. The van der Waals surface area contributed by atoms with Crippen molar-refractivity contribution in [3.8, 4) is 33.9 Å². The van der Waals surface area contributed by atoms with Crippen molar-refractivity contribution in [1.29, 1.82) is 0 Å². The Kier molecular flexibility index (Phi) is 7.92. The van der Waals surface area contributed by atoms with E-state index in [-0.39, 0.29) is 31.3 Å². The van der Waals surface area contributed by atoms with Gasteiger partial charge in [0.15, 0.2) is 5.82 Å². The number of nitrogens with one attached hydrogen (secondary N) is 4. The molecule has 5 N–H and O–H groups in total. The van der Waals surface area contributed by atoms with Gasteiger partial charge in [0.25, 0.3) is 5.92 Å². The van der Waals surface area contributed by atoms with Gasteiger partial charge in [-0.2, -0.15) is 0 Å². The van der Waals surface area contributed by atoms with Crippen LogP contribution >= 0.6 is 12.4 Å². The molecular formula is C33H30ClF2N9O3. The van der Waals surface area contributed by atoms with E-state index < -0.39 is 30.1 Å². The van der Waals surface area contributed by atoms with Crippen LogP contribution in [0.1, 0.15) is 47.7 Å². The first kappa shape index (κ1) is 31.4. The number of aryl methyl sites for hydroxylation is 1. The number of hydrogen-bond acceptors (Lipinski definition) is 7. The number of carbonyl (C=O) groups is 2. The summed E-state index contributed by atoms with van der Waals surface area (Å²) in [6, 6.07) is 11.8. The van der Waals surface area contributed by atoms with E-state index in [0.717, 1.165) is 27.9 Å². The van der Waals surface area contributed by atoms with Crippen LogP contribution in [0.2, 0.25) is 0 Å². The van der Waals surface area contributed by atoms with Crippen LogP contribution in [-0.2, 0) is 17.6 Å². The molecule has 6 heterocycles. The summed E-state index contributed by atoms with van der Waals surface area (Å²) < 4.78 is 27.2. The molecule has 0 radical (unpaired) electrons. The quantitative estimate of drug-likeness (QED) is 0.164. The maximum absolute atomic E-state index is 13.6. The third kappa shape index (κ3) is 5.66. The Balaban J connectivity index is 0.00000364. The largest absolute Gasteiger partial charge is 0.465 e. The molecule has 3 aromatic heterocycles. The van der Waals surface area contributed by atoms with Gasteiger partial charge in [-0.15, -0.1) is 12.4 Å². The number of nitrogens with zero attached hydrogens (tertiary/aromatic N) is 5. The van der Waals surface area contributed by atoms with Crippen molar-refractivity contribution < 1.29 is 23.5 Å². The Bertz CT molecular complexity index is 2000. The molecule has 15 heteroatoms. The minimum Gasteiger partial charge on any atom is -0.465 e. The second-order valence-corrected chi connectivity index (χ2v) is 12.1. The van der Waals surface area contributed by atoms with Crippen molar-refractivity contribution in [2.24, 2.45) is 0 Å². The van der Waals surface area contributed by atoms with Gasteiger partial charge in [0.2, 0.25) is 5.91 Å². The van der Waals surface area contributed by atoms with Crippen LogP contribution in [0, 0.1) is 0 Å². The fourth-order valence-corrected chi connectivity index (χ4v) is 6.76. The van der Waals surface area contributed by atoms with Gasteiger partial charge in [0.05, 0.1) is 41.9 Å². The summed E-state index contributed by atoms with van der Waals surface area (Å²) in [5, 5.41) is 14.5. The van der Waals surface area contributed by atoms with E-state index in [1.165, 1.54) is 0 Å². The van der Waals surface area contributed by atoms with Crippen molar-refractivity contribution in [2.45, 2.75) is 49.7 Å². The second kappa shape index (κ2) is 12.1. The predicted molar refractivity (Wildman–Crippen MR) is 174 cm³/mol. The number of alkyl halides is 2. The average molecular weight is 674 g/mol. The van der Waals surface area contributed by atoms with Crippen LogP contribution in [0.3, 0.4) is 0 Å². The molecule has 0 spiro atoms. The summed E-state index contributed by atoms with van der Waals surface area (Å²) in [6.07, 6.45) is 6.75. The van der Waals surface area contributed by atoms with Crippen molar-refractivity contribution in [3.63, 3.8) is 0 Å². The zero-order chi connectivity index (χ0) is 32.3. The van der Waals surface area contributed by atoms with Gasteiger partial charge in [-0.3, -0.25) is 9.69 Å². The van der Waals surface area contributed by atoms with E-state index in [1.807, 2.05) is 42.5 Å². The van der Waals surface area contributed by atoms with Crippen LogP contribution in [0.25, 0.3) is 33.9 Å². The van der Waals surface area contributed by atoms with Crippen LogP contribution in [0.15, 0.2) is 67.3 Å². The topological polar surface area (TPSA) is 165 Å².